The Morgan fingerprint density at radius 2 is 2.15 bits per heavy atom. The van der Waals surface area contributed by atoms with Crippen molar-refractivity contribution in [2.24, 2.45) is 11.7 Å². The Kier molecular flexibility index (Phi) is 3.74. The van der Waals surface area contributed by atoms with Crippen molar-refractivity contribution in [3.8, 4) is 5.75 Å². The highest BCUT2D eigenvalue weighted by Gasteiger charge is 2.37. The predicted octanol–water partition coefficient (Wildman–Crippen LogP) is 2.92. The van der Waals surface area contributed by atoms with Crippen LogP contribution in [-0.4, -0.2) is 29.6 Å². The second-order valence-electron chi connectivity index (χ2n) is 6.62. The van der Waals surface area contributed by atoms with E-state index in [0.717, 1.165) is 26.1 Å². The van der Waals surface area contributed by atoms with E-state index in [1.54, 1.807) is 0 Å². The van der Waals surface area contributed by atoms with Gasteiger partial charge in [0.2, 0.25) is 0 Å². The third kappa shape index (κ3) is 2.23. The number of fused-ring (bicyclic) bond motifs is 1. The summed E-state index contributed by atoms with van der Waals surface area (Å²) in [5.74, 6) is 1.64. The number of likely N-dealkylation sites (tertiary alicyclic amines) is 1. The lowest BCUT2D eigenvalue weighted by Gasteiger charge is -2.37. The number of aromatic hydroxyl groups is 1. The lowest BCUT2D eigenvalue weighted by Crippen LogP contribution is -2.40. The monoisotopic (exact) mass is 274 g/mol. The van der Waals surface area contributed by atoms with Crippen LogP contribution in [0.25, 0.3) is 0 Å². The molecule has 3 rings (SSSR count). The summed E-state index contributed by atoms with van der Waals surface area (Å²) < 4.78 is 0. The Morgan fingerprint density at radius 1 is 1.35 bits per heavy atom. The summed E-state index contributed by atoms with van der Waals surface area (Å²) in [4.78, 5) is 2.56. The molecule has 0 aromatic heterocycles. The summed E-state index contributed by atoms with van der Waals surface area (Å²) >= 11 is 0. The molecule has 1 saturated heterocycles. The highest BCUT2D eigenvalue weighted by Crippen LogP contribution is 2.49. The Labute approximate surface area is 121 Å². The molecular formula is C17H26N2O. The average molecular weight is 274 g/mol. The van der Waals surface area contributed by atoms with E-state index in [0.29, 0.717) is 23.6 Å². The number of benzene rings is 1. The van der Waals surface area contributed by atoms with Crippen molar-refractivity contribution >= 4 is 0 Å². The first kappa shape index (κ1) is 13.9. The maximum absolute atomic E-state index is 10.3. The number of hydrogen-bond donors (Lipinski definition) is 2. The lowest BCUT2D eigenvalue weighted by molar-refractivity contribution is 0.122. The Hall–Kier alpha value is -1.06. The first-order valence-electron chi connectivity index (χ1n) is 7.88. The van der Waals surface area contributed by atoms with Crippen LogP contribution in [-0.2, 0) is 0 Å². The van der Waals surface area contributed by atoms with Gasteiger partial charge in [-0.1, -0.05) is 13.0 Å². The fourth-order valence-corrected chi connectivity index (χ4v) is 4.21. The molecule has 3 atom stereocenters. The van der Waals surface area contributed by atoms with Gasteiger partial charge >= 0.3 is 0 Å². The van der Waals surface area contributed by atoms with Gasteiger partial charge in [-0.15, -0.1) is 0 Å². The second-order valence-corrected chi connectivity index (χ2v) is 6.62. The Bertz CT molecular complexity index is 500. The van der Waals surface area contributed by atoms with Crippen molar-refractivity contribution in [2.45, 2.75) is 45.1 Å². The molecule has 1 aromatic rings. The molecule has 110 valence electrons. The molecule has 20 heavy (non-hydrogen) atoms. The summed E-state index contributed by atoms with van der Waals surface area (Å²) in [7, 11) is 0. The summed E-state index contributed by atoms with van der Waals surface area (Å²) in [5, 5.41) is 10.3. The zero-order chi connectivity index (χ0) is 14.3. The van der Waals surface area contributed by atoms with Crippen molar-refractivity contribution in [1.82, 2.24) is 4.90 Å². The average Bonchev–Trinajstić information content (AvgIpc) is 2.82. The van der Waals surface area contributed by atoms with E-state index in [-0.39, 0.29) is 0 Å². The number of aryl methyl sites for hydroxylation is 1. The van der Waals surface area contributed by atoms with Gasteiger partial charge < -0.3 is 10.8 Å². The molecule has 0 bridgehead atoms. The van der Waals surface area contributed by atoms with E-state index in [4.69, 9.17) is 5.73 Å². The molecule has 3 unspecified atom stereocenters. The first-order valence-corrected chi connectivity index (χ1v) is 7.88. The number of nitrogens with two attached hydrogens (primary N) is 1. The maximum Gasteiger partial charge on any atom is 0.120 e. The molecule has 1 aliphatic carbocycles. The van der Waals surface area contributed by atoms with Crippen LogP contribution >= 0.6 is 0 Å². The smallest absolute Gasteiger partial charge is 0.120 e. The number of phenols is 1. The van der Waals surface area contributed by atoms with Crippen molar-refractivity contribution in [3.63, 3.8) is 0 Å². The molecule has 2 aliphatic rings. The van der Waals surface area contributed by atoms with E-state index < -0.39 is 0 Å². The minimum Gasteiger partial charge on any atom is -0.508 e. The van der Waals surface area contributed by atoms with Crippen LogP contribution in [0.2, 0.25) is 0 Å². The highest BCUT2D eigenvalue weighted by molar-refractivity contribution is 5.51. The van der Waals surface area contributed by atoms with E-state index >= 15 is 0 Å². The molecule has 3 nitrogen and oxygen atoms in total. The van der Waals surface area contributed by atoms with Gasteiger partial charge in [0.15, 0.2) is 0 Å². The number of phenolic OH excluding ortho intramolecular Hbond substituents is 1. The standard InChI is InChI=1S/C17H26N2O/c1-11-5-6-15(20)17-14(8-12(2)16(11)17)19-7-3-4-13(9-18)10-19/h5-6,12-14,20H,3-4,7-10,18H2,1-2H3. The van der Waals surface area contributed by atoms with Gasteiger partial charge in [0.05, 0.1) is 0 Å². The van der Waals surface area contributed by atoms with Crippen molar-refractivity contribution in [3.05, 3.63) is 28.8 Å². The summed E-state index contributed by atoms with van der Waals surface area (Å²) in [5.41, 5.74) is 9.75. The minimum absolute atomic E-state index is 0.384. The van der Waals surface area contributed by atoms with Gasteiger partial charge in [0, 0.05) is 18.2 Å². The molecule has 3 N–H and O–H groups in total. The van der Waals surface area contributed by atoms with Crippen LogP contribution in [0, 0.1) is 12.8 Å². The molecule has 0 radical (unpaired) electrons. The molecule has 0 amide bonds. The van der Waals surface area contributed by atoms with E-state index in [1.165, 1.54) is 29.5 Å². The van der Waals surface area contributed by atoms with Crippen LogP contribution in [0.5, 0.6) is 5.75 Å². The highest BCUT2D eigenvalue weighted by atomic mass is 16.3. The van der Waals surface area contributed by atoms with Gasteiger partial charge in [0.1, 0.15) is 5.75 Å². The maximum atomic E-state index is 10.3. The zero-order valence-electron chi connectivity index (χ0n) is 12.6. The Balaban J connectivity index is 1.93. The molecule has 1 aliphatic heterocycles. The van der Waals surface area contributed by atoms with E-state index in [2.05, 4.69) is 18.7 Å². The zero-order valence-corrected chi connectivity index (χ0v) is 12.6. The summed E-state index contributed by atoms with van der Waals surface area (Å²) in [6, 6.07) is 4.30. The molecule has 1 aromatic carbocycles. The first-order chi connectivity index (χ1) is 9.61. The third-order valence-corrected chi connectivity index (χ3v) is 5.21. The lowest BCUT2D eigenvalue weighted by atomic mass is 9.94. The van der Waals surface area contributed by atoms with Crippen molar-refractivity contribution in [1.29, 1.82) is 0 Å². The molecular weight excluding hydrogens is 248 g/mol. The molecule has 0 saturated carbocycles. The van der Waals surface area contributed by atoms with Crippen LogP contribution in [0.4, 0.5) is 0 Å². The van der Waals surface area contributed by atoms with Crippen LogP contribution in [0.3, 0.4) is 0 Å². The minimum atomic E-state index is 0.384. The number of rotatable bonds is 2. The van der Waals surface area contributed by atoms with Gasteiger partial charge in [-0.2, -0.15) is 0 Å². The topological polar surface area (TPSA) is 49.5 Å². The number of piperidine rings is 1. The van der Waals surface area contributed by atoms with Gasteiger partial charge in [-0.25, -0.2) is 0 Å². The van der Waals surface area contributed by atoms with Crippen LogP contribution in [0.1, 0.15) is 54.8 Å². The predicted molar refractivity (Wildman–Crippen MR) is 82.0 cm³/mol. The number of hydrogen-bond acceptors (Lipinski definition) is 3. The van der Waals surface area contributed by atoms with Gasteiger partial charge in [-0.3, -0.25) is 4.90 Å². The SMILES string of the molecule is Cc1ccc(O)c2c1C(C)CC2N1CCCC(CN)C1. The fourth-order valence-electron chi connectivity index (χ4n) is 4.21. The summed E-state index contributed by atoms with van der Waals surface area (Å²) in [6.07, 6.45) is 3.61. The van der Waals surface area contributed by atoms with E-state index in [1.807, 2.05) is 12.1 Å². The fraction of sp³-hybridized carbons (Fsp3) is 0.647. The van der Waals surface area contributed by atoms with Gasteiger partial charge in [0.25, 0.3) is 0 Å². The van der Waals surface area contributed by atoms with Crippen molar-refractivity contribution < 1.29 is 5.11 Å². The Morgan fingerprint density at radius 3 is 2.90 bits per heavy atom. The largest absolute Gasteiger partial charge is 0.508 e. The number of nitrogens with zero attached hydrogens (tertiary/aromatic N) is 1. The molecule has 0 spiro atoms. The molecule has 1 heterocycles. The molecule has 1 fully saturated rings. The van der Waals surface area contributed by atoms with Crippen LogP contribution < -0.4 is 5.73 Å². The van der Waals surface area contributed by atoms with Crippen molar-refractivity contribution in [2.75, 3.05) is 19.6 Å². The van der Waals surface area contributed by atoms with E-state index in [9.17, 15) is 5.11 Å². The van der Waals surface area contributed by atoms with Gasteiger partial charge in [-0.05, 0) is 68.3 Å². The second kappa shape index (κ2) is 5.38. The quantitative estimate of drug-likeness (QED) is 0.872. The van der Waals surface area contributed by atoms with Crippen LogP contribution in [0.15, 0.2) is 12.1 Å². The normalized spacial score (nSPS) is 30.4. The third-order valence-electron chi connectivity index (χ3n) is 5.21. The molecule has 3 heteroatoms. The summed E-state index contributed by atoms with van der Waals surface area (Å²) in [6.45, 7) is 7.46.